The van der Waals surface area contributed by atoms with Gasteiger partial charge in [-0.1, -0.05) is 36.4 Å². The number of likely N-dealkylation sites (tertiary alicyclic amines) is 1. The van der Waals surface area contributed by atoms with E-state index in [0.717, 1.165) is 60.9 Å². The van der Waals surface area contributed by atoms with Crippen molar-refractivity contribution in [2.75, 3.05) is 19.9 Å². The van der Waals surface area contributed by atoms with E-state index in [2.05, 4.69) is 21.7 Å². The topological polar surface area (TPSA) is 56.6 Å². The molecule has 0 saturated carbocycles. The summed E-state index contributed by atoms with van der Waals surface area (Å²) in [5.74, 6) is 3.08. The second-order valence-corrected chi connectivity index (χ2v) is 7.98. The highest BCUT2D eigenvalue weighted by atomic mass is 16.7. The first-order valence-corrected chi connectivity index (χ1v) is 10.7. The molecular formula is C25H25N3O3. The number of nitrogens with zero attached hydrogens (tertiary/aromatic N) is 3. The summed E-state index contributed by atoms with van der Waals surface area (Å²) >= 11 is 0. The predicted octanol–water partition coefficient (Wildman–Crippen LogP) is 4.23. The van der Waals surface area contributed by atoms with Crippen LogP contribution in [0.3, 0.4) is 0 Å². The van der Waals surface area contributed by atoms with Crippen LogP contribution in [0.4, 0.5) is 0 Å². The van der Waals surface area contributed by atoms with E-state index in [9.17, 15) is 4.79 Å². The standard InChI is InChI=1S/C25H25N3O3/c29-24(9-7-19-6-8-22-23(16-19)31-18-30-22)27-13-10-20(11-14-27)17-28-15-12-26-25(28)21-4-2-1-3-5-21/h1-9,12,15-16,20H,10-11,13-14,17-18H2/b9-7+. The number of amides is 1. The highest BCUT2D eigenvalue weighted by molar-refractivity contribution is 5.92. The van der Waals surface area contributed by atoms with Gasteiger partial charge in [0.2, 0.25) is 12.7 Å². The maximum Gasteiger partial charge on any atom is 0.246 e. The number of carbonyl (C=O) groups is 1. The molecule has 2 aromatic carbocycles. The molecule has 0 N–H and O–H groups in total. The average Bonchev–Trinajstić information content (AvgIpc) is 3.47. The number of imidazole rings is 1. The van der Waals surface area contributed by atoms with Crippen molar-refractivity contribution in [3.63, 3.8) is 0 Å². The molecule has 3 aromatic rings. The molecule has 6 heteroatoms. The van der Waals surface area contributed by atoms with Crippen molar-refractivity contribution in [1.29, 1.82) is 0 Å². The molecule has 2 aliphatic rings. The summed E-state index contributed by atoms with van der Waals surface area (Å²) in [7, 11) is 0. The monoisotopic (exact) mass is 415 g/mol. The van der Waals surface area contributed by atoms with E-state index in [4.69, 9.17) is 9.47 Å². The lowest BCUT2D eigenvalue weighted by molar-refractivity contribution is -0.127. The van der Waals surface area contributed by atoms with Gasteiger partial charge in [0.05, 0.1) is 0 Å². The van der Waals surface area contributed by atoms with Crippen LogP contribution in [0.2, 0.25) is 0 Å². The smallest absolute Gasteiger partial charge is 0.246 e. The van der Waals surface area contributed by atoms with Crippen molar-refractivity contribution in [3.05, 3.63) is 72.6 Å². The minimum Gasteiger partial charge on any atom is -0.454 e. The quantitative estimate of drug-likeness (QED) is 0.585. The molecule has 31 heavy (non-hydrogen) atoms. The number of ether oxygens (including phenoxy) is 2. The molecule has 6 nitrogen and oxygen atoms in total. The van der Waals surface area contributed by atoms with Gasteiger partial charge in [0, 0.05) is 43.7 Å². The minimum atomic E-state index is 0.0590. The van der Waals surface area contributed by atoms with E-state index >= 15 is 0 Å². The minimum absolute atomic E-state index is 0.0590. The van der Waals surface area contributed by atoms with Crippen molar-refractivity contribution >= 4 is 12.0 Å². The van der Waals surface area contributed by atoms with Gasteiger partial charge in [-0.2, -0.15) is 0 Å². The number of carbonyl (C=O) groups excluding carboxylic acids is 1. The highest BCUT2D eigenvalue weighted by Gasteiger charge is 2.22. The van der Waals surface area contributed by atoms with E-state index < -0.39 is 0 Å². The fraction of sp³-hybridized carbons (Fsp3) is 0.280. The zero-order valence-corrected chi connectivity index (χ0v) is 17.3. The van der Waals surface area contributed by atoms with Crippen LogP contribution in [0, 0.1) is 5.92 Å². The Balaban J connectivity index is 1.16. The molecule has 1 fully saturated rings. The summed E-state index contributed by atoms with van der Waals surface area (Å²) in [6.45, 7) is 2.75. The zero-order valence-electron chi connectivity index (χ0n) is 17.3. The van der Waals surface area contributed by atoms with Crippen LogP contribution < -0.4 is 9.47 Å². The third kappa shape index (κ3) is 4.33. The van der Waals surface area contributed by atoms with Gasteiger partial charge in [-0.3, -0.25) is 4.79 Å². The number of fused-ring (bicyclic) bond motifs is 1. The Bertz CT molecular complexity index is 1080. The molecular weight excluding hydrogens is 390 g/mol. The van der Waals surface area contributed by atoms with Crippen LogP contribution in [-0.2, 0) is 11.3 Å². The van der Waals surface area contributed by atoms with Gasteiger partial charge in [-0.15, -0.1) is 0 Å². The normalized spacial score (nSPS) is 16.2. The number of aromatic nitrogens is 2. The highest BCUT2D eigenvalue weighted by Crippen LogP contribution is 2.32. The van der Waals surface area contributed by atoms with Gasteiger partial charge < -0.3 is 18.9 Å². The van der Waals surface area contributed by atoms with E-state index in [1.54, 1.807) is 6.08 Å². The molecule has 1 aromatic heterocycles. The maximum atomic E-state index is 12.6. The summed E-state index contributed by atoms with van der Waals surface area (Å²) in [5.41, 5.74) is 2.06. The van der Waals surface area contributed by atoms with Crippen molar-refractivity contribution < 1.29 is 14.3 Å². The lowest BCUT2D eigenvalue weighted by Gasteiger charge is -2.31. The Morgan fingerprint density at radius 1 is 1.06 bits per heavy atom. The third-order valence-electron chi connectivity index (χ3n) is 5.94. The predicted molar refractivity (Wildman–Crippen MR) is 119 cm³/mol. The van der Waals surface area contributed by atoms with Crippen molar-refractivity contribution in [1.82, 2.24) is 14.5 Å². The Kier molecular flexibility index (Phi) is 5.44. The van der Waals surface area contributed by atoms with Gasteiger partial charge in [-0.25, -0.2) is 4.98 Å². The summed E-state index contributed by atoms with van der Waals surface area (Å²) in [4.78, 5) is 19.1. The van der Waals surface area contributed by atoms with Crippen LogP contribution in [-0.4, -0.2) is 40.2 Å². The van der Waals surface area contributed by atoms with Gasteiger partial charge in [0.15, 0.2) is 11.5 Å². The maximum absolute atomic E-state index is 12.6. The van der Waals surface area contributed by atoms with Gasteiger partial charge in [0.25, 0.3) is 0 Å². The van der Waals surface area contributed by atoms with E-state index in [-0.39, 0.29) is 12.7 Å². The number of hydrogen-bond acceptors (Lipinski definition) is 4. The summed E-state index contributed by atoms with van der Waals surface area (Å²) in [6.07, 6.45) is 9.40. The fourth-order valence-corrected chi connectivity index (χ4v) is 4.21. The zero-order chi connectivity index (χ0) is 21.0. The Morgan fingerprint density at radius 2 is 1.87 bits per heavy atom. The fourth-order valence-electron chi connectivity index (χ4n) is 4.21. The van der Waals surface area contributed by atoms with Crippen LogP contribution in [0.25, 0.3) is 17.5 Å². The van der Waals surface area contributed by atoms with Crippen LogP contribution in [0.15, 0.2) is 67.0 Å². The molecule has 0 unspecified atom stereocenters. The van der Waals surface area contributed by atoms with E-state index in [0.29, 0.717) is 5.92 Å². The average molecular weight is 415 g/mol. The third-order valence-corrected chi connectivity index (χ3v) is 5.94. The molecule has 3 heterocycles. The Labute approximate surface area is 181 Å². The molecule has 0 atom stereocenters. The van der Waals surface area contributed by atoms with Crippen molar-refractivity contribution in [2.45, 2.75) is 19.4 Å². The summed E-state index contributed by atoms with van der Waals surface area (Å²) < 4.78 is 13.0. The molecule has 2 aliphatic heterocycles. The first kappa shape index (κ1) is 19.4. The molecule has 1 saturated heterocycles. The Morgan fingerprint density at radius 3 is 2.71 bits per heavy atom. The second kappa shape index (κ2) is 8.68. The summed E-state index contributed by atoms with van der Waals surface area (Å²) in [5, 5.41) is 0. The number of hydrogen-bond donors (Lipinski definition) is 0. The number of piperidine rings is 1. The van der Waals surface area contributed by atoms with Gasteiger partial charge in [-0.05, 0) is 42.5 Å². The van der Waals surface area contributed by atoms with Gasteiger partial charge >= 0.3 is 0 Å². The van der Waals surface area contributed by atoms with Crippen molar-refractivity contribution in [3.8, 4) is 22.9 Å². The molecule has 0 radical (unpaired) electrons. The summed E-state index contributed by atoms with van der Waals surface area (Å²) in [6, 6.07) is 16.0. The molecule has 5 rings (SSSR count). The molecule has 0 bridgehead atoms. The second-order valence-electron chi connectivity index (χ2n) is 7.98. The molecule has 0 aliphatic carbocycles. The first-order valence-electron chi connectivity index (χ1n) is 10.7. The lowest BCUT2D eigenvalue weighted by atomic mass is 9.96. The van der Waals surface area contributed by atoms with Crippen LogP contribution >= 0.6 is 0 Å². The van der Waals surface area contributed by atoms with Crippen molar-refractivity contribution in [2.24, 2.45) is 5.92 Å². The number of benzene rings is 2. The Hall–Kier alpha value is -3.54. The molecule has 158 valence electrons. The van der Waals surface area contributed by atoms with E-state index in [1.807, 2.05) is 59.8 Å². The SMILES string of the molecule is O=C(/C=C/c1ccc2c(c1)OCO2)N1CCC(Cn2ccnc2-c2ccccc2)CC1. The molecule has 0 spiro atoms. The van der Waals surface area contributed by atoms with E-state index in [1.165, 1.54) is 0 Å². The first-order chi connectivity index (χ1) is 15.3. The largest absolute Gasteiger partial charge is 0.454 e. The van der Waals surface area contributed by atoms with Crippen LogP contribution in [0.5, 0.6) is 11.5 Å². The van der Waals surface area contributed by atoms with Crippen LogP contribution in [0.1, 0.15) is 18.4 Å². The number of rotatable bonds is 5. The van der Waals surface area contributed by atoms with Gasteiger partial charge in [0.1, 0.15) is 5.82 Å². The lowest BCUT2D eigenvalue weighted by Crippen LogP contribution is -2.38. The molecule has 1 amide bonds.